The largest absolute Gasteiger partial charge is 0.372 e. The molecule has 0 aliphatic carbocycles. The van der Waals surface area contributed by atoms with Crippen molar-refractivity contribution in [3.63, 3.8) is 0 Å². The van der Waals surface area contributed by atoms with Crippen LogP contribution in [-0.4, -0.2) is 51.6 Å². The third-order valence-corrected chi connectivity index (χ3v) is 4.94. The second-order valence-electron chi connectivity index (χ2n) is 6.31. The van der Waals surface area contributed by atoms with E-state index in [9.17, 15) is 0 Å². The monoisotopic (exact) mass is 320 g/mol. The SMILES string of the molecule is CC1(C)CN(c2nc(-c3nnc4n3CCNC4)cs2)CCO1. The Morgan fingerprint density at radius 1 is 1.32 bits per heavy atom. The van der Waals surface area contributed by atoms with Gasteiger partial charge in [-0.2, -0.15) is 0 Å². The Morgan fingerprint density at radius 3 is 3.09 bits per heavy atom. The van der Waals surface area contributed by atoms with Crippen molar-refractivity contribution >= 4 is 16.5 Å². The summed E-state index contributed by atoms with van der Waals surface area (Å²) in [6, 6.07) is 0. The number of fused-ring (bicyclic) bond motifs is 1. The first-order valence-electron chi connectivity index (χ1n) is 7.60. The zero-order valence-electron chi connectivity index (χ0n) is 12.9. The van der Waals surface area contributed by atoms with Crippen LogP contribution in [0.25, 0.3) is 11.5 Å². The Hall–Kier alpha value is -1.51. The van der Waals surface area contributed by atoms with E-state index in [0.29, 0.717) is 0 Å². The summed E-state index contributed by atoms with van der Waals surface area (Å²) >= 11 is 1.67. The van der Waals surface area contributed by atoms with Crippen molar-refractivity contribution in [2.24, 2.45) is 0 Å². The maximum absolute atomic E-state index is 5.77. The van der Waals surface area contributed by atoms with Gasteiger partial charge in [-0.25, -0.2) is 4.98 Å². The molecular formula is C14H20N6OS. The number of hydrogen-bond donors (Lipinski definition) is 1. The summed E-state index contributed by atoms with van der Waals surface area (Å²) in [5.74, 6) is 1.87. The van der Waals surface area contributed by atoms with Crippen LogP contribution >= 0.6 is 11.3 Å². The molecule has 0 amide bonds. The molecule has 4 rings (SSSR count). The fraction of sp³-hybridized carbons (Fsp3) is 0.643. The molecule has 1 N–H and O–H groups in total. The van der Waals surface area contributed by atoms with E-state index in [1.807, 2.05) is 0 Å². The Morgan fingerprint density at radius 2 is 2.23 bits per heavy atom. The van der Waals surface area contributed by atoms with E-state index >= 15 is 0 Å². The lowest BCUT2D eigenvalue weighted by Crippen LogP contribution is -2.48. The van der Waals surface area contributed by atoms with Crippen molar-refractivity contribution < 1.29 is 4.74 Å². The van der Waals surface area contributed by atoms with Gasteiger partial charge in [0.25, 0.3) is 0 Å². The van der Waals surface area contributed by atoms with E-state index in [0.717, 1.165) is 61.8 Å². The molecule has 1 saturated heterocycles. The Labute approximate surface area is 133 Å². The molecule has 0 spiro atoms. The van der Waals surface area contributed by atoms with Gasteiger partial charge in [0.05, 0.1) is 18.8 Å². The minimum Gasteiger partial charge on any atom is -0.372 e. The number of rotatable bonds is 2. The smallest absolute Gasteiger partial charge is 0.186 e. The molecule has 118 valence electrons. The summed E-state index contributed by atoms with van der Waals surface area (Å²) in [5.41, 5.74) is 0.800. The number of ether oxygens (including phenoxy) is 1. The van der Waals surface area contributed by atoms with Gasteiger partial charge in [-0.1, -0.05) is 0 Å². The van der Waals surface area contributed by atoms with Crippen molar-refractivity contribution in [1.82, 2.24) is 25.1 Å². The number of hydrogen-bond acceptors (Lipinski definition) is 7. The van der Waals surface area contributed by atoms with E-state index in [4.69, 9.17) is 9.72 Å². The molecule has 0 unspecified atom stereocenters. The Bertz CT molecular complexity index is 679. The van der Waals surface area contributed by atoms with Gasteiger partial charge in [-0.3, -0.25) is 0 Å². The predicted octanol–water partition coefficient (Wildman–Crippen LogP) is 1.12. The number of morpholine rings is 1. The van der Waals surface area contributed by atoms with E-state index in [-0.39, 0.29) is 5.60 Å². The van der Waals surface area contributed by atoms with Gasteiger partial charge in [-0.15, -0.1) is 21.5 Å². The Balaban J connectivity index is 1.60. The average Bonchev–Trinajstić information content (AvgIpc) is 3.12. The van der Waals surface area contributed by atoms with Crippen LogP contribution in [0.4, 0.5) is 5.13 Å². The van der Waals surface area contributed by atoms with E-state index < -0.39 is 0 Å². The highest BCUT2D eigenvalue weighted by atomic mass is 32.1. The number of thiazole rings is 1. The van der Waals surface area contributed by atoms with Crippen LogP contribution in [-0.2, 0) is 17.8 Å². The lowest BCUT2D eigenvalue weighted by molar-refractivity contribution is -0.0276. The molecule has 2 aliphatic heterocycles. The van der Waals surface area contributed by atoms with Gasteiger partial charge < -0.3 is 19.5 Å². The van der Waals surface area contributed by atoms with Crippen LogP contribution in [0.15, 0.2) is 5.38 Å². The molecule has 1 fully saturated rings. The number of nitrogens with one attached hydrogen (secondary N) is 1. The van der Waals surface area contributed by atoms with Crippen molar-refractivity contribution in [3.8, 4) is 11.5 Å². The minimum atomic E-state index is -0.121. The first kappa shape index (κ1) is 14.1. The standard InChI is InChI=1S/C14H20N6OS/c1-14(2)9-19(5-6-21-14)13-16-10(8-22-13)12-18-17-11-7-15-3-4-20(11)12/h8,15H,3-7,9H2,1-2H3. The molecule has 0 aromatic carbocycles. The molecule has 0 atom stereocenters. The van der Waals surface area contributed by atoms with Crippen molar-refractivity contribution in [2.75, 3.05) is 31.1 Å². The molecule has 0 bridgehead atoms. The summed E-state index contributed by atoms with van der Waals surface area (Å²) < 4.78 is 7.94. The quantitative estimate of drug-likeness (QED) is 0.894. The van der Waals surface area contributed by atoms with E-state index in [1.165, 1.54) is 0 Å². The molecular weight excluding hydrogens is 300 g/mol. The van der Waals surface area contributed by atoms with Gasteiger partial charge in [0, 0.05) is 31.6 Å². The van der Waals surface area contributed by atoms with Crippen LogP contribution in [0.3, 0.4) is 0 Å². The van der Waals surface area contributed by atoms with Gasteiger partial charge in [0.1, 0.15) is 11.5 Å². The summed E-state index contributed by atoms with van der Waals surface area (Å²) in [4.78, 5) is 7.09. The topological polar surface area (TPSA) is 68.1 Å². The molecule has 22 heavy (non-hydrogen) atoms. The highest BCUT2D eigenvalue weighted by Crippen LogP contribution is 2.30. The predicted molar refractivity (Wildman–Crippen MR) is 85.1 cm³/mol. The molecule has 2 aromatic rings. The zero-order chi connectivity index (χ0) is 15.2. The first-order chi connectivity index (χ1) is 10.6. The van der Waals surface area contributed by atoms with E-state index in [1.54, 1.807) is 11.3 Å². The van der Waals surface area contributed by atoms with Crippen LogP contribution in [0.1, 0.15) is 19.7 Å². The lowest BCUT2D eigenvalue weighted by atomic mass is 10.1. The number of anilines is 1. The van der Waals surface area contributed by atoms with Crippen molar-refractivity contribution in [2.45, 2.75) is 32.5 Å². The van der Waals surface area contributed by atoms with Gasteiger partial charge in [0.15, 0.2) is 11.0 Å². The van der Waals surface area contributed by atoms with Crippen LogP contribution in [0.2, 0.25) is 0 Å². The molecule has 2 aliphatic rings. The molecule has 8 heteroatoms. The number of aromatic nitrogens is 4. The fourth-order valence-corrected chi connectivity index (χ4v) is 3.80. The maximum Gasteiger partial charge on any atom is 0.186 e. The van der Waals surface area contributed by atoms with Gasteiger partial charge >= 0.3 is 0 Å². The highest BCUT2D eigenvalue weighted by molar-refractivity contribution is 7.14. The second kappa shape index (κ2) is 5.29. The van der Waals surface area contributed by atoms with Crippen LogP contribution in [0.5, 0.6) is 0 Å². The third kappa shape index (κ3) is 2.51. The summed E-state index contributed by atoms with van der Waals surface area (Å²) in [6.07, 6.45) is 0. The lowest BCUT2D eigenvalue weighted by Gasteiger charge is -2.37. The third-order valence-electron chi connectivity index (χ3n) is 4.04. The average molecular weight is 320 g/mol. The zero-order valence-corrected chi connectivity index (χ0v) is 13.7. The molecule has 0 saturated carbocycles. The molecule has 7 nitrogen and oxygen atoms in total. The van der Waals surface area contributed by atoms with Gasteiger partial charge in [0.2, 0.25) is 0 Å². The number of nitrogens with zero attached hydrogens (tertiary/aromatic N) is 5. The molecule has 4 heterocycles. The summed E-state index contributed by atoms with van der Waals surface area (Å²) in [5, 5.41) is 15.0. The van der Waals surface area contributed by atoms with Crippen LogP contribution in [0, 0.1) is 0 Å². The normalized spacial score (nSPS) is 20.9. The highest BCUT2D eigenvalue weighted by Gasteiger charge is 2.29. The van der Waals surface area contributed by atoms with Crippen molar-refractivity contribution in [1.29, 1.82) is 0 Å². The van der Waals surface area contributed by atoms with Crippen molar-refractivity contribution in [3.05, 3.63) is 11.2 Å². The minimum absolute atomic E-state index is 0.121. The summed E-state index contributed by atoms with van der Waals surface area (Å²) in [7, 11) is 0. The van der Waals surface area contributed by atoms with Crippen LogP contribution < -0.4 is 10.2 Å². The molecule has 2 aromatic heterocycles. The van der Waals surface area contributed by atoms with Gasteiger partial charge in [-0.05, 0) is 13.8 Å². The van der Waals surface area contributed by atoms with E-state index in [2.05, 4.69) is 44.2 Å². The fourth-order valence-electron chi connectivity index (χ4n) is 2.97. The first-order valence-corrected chi connectivity index (χ1v) is 8.48. The summed E-state index contributed by atoms with van der Waals surface area (Å²) in [6.45, 7) is 9.36. The second-order valence-corrected chi connectivity index (χ2v) is 7.15. The maximum atomic E-state index is 5.77. The molecule has 0 radical (unpaired) electrons. The Kier molecular flexibility index (Phi) is 3.39.